The summed E-state index contributed by atoms with van der Waals surface area (Å²) in [5.74, 6) is 1.87. The number of methoxy groups -OCH3 is 2. The lowest BCUT2D eigenvalue weighted by molar-refractivity contribution is 0.0991. The van der Waals surface area contributed by atoms with Crippen molar-refractivity contribution in [3.8, 4) is 11.5 Å². The summed E-state index contributed by atoms with van der Waals surface area (Å²) in [6.45, 7) is 1.65. The number of nitrogens with zero attached hydrogens (tertiary/aromatic N) is 3. The van der Waals surface area contributed by atoms with E-state index in [9.17, 15) is 8.42 Å². The van der Waals surface area contributed by atoms with Gasteiger partial charge in [0.05, 0.1) is 30.1 Å². The first kappa shape index (κ1) is 22.2. The zero-order valence-electron chi connectivity index (χ0n) is 18.9. The minimum Gasteiger partial charge on any atom is -0.493 e. The van der Waals surface area contributed by atoms with Crippen LogP contribution in [0.4, 0.5) is 0 Å². The number of fused-ring (bicyclic) bond motifs is 1. The highest BCUT2D eigenvalue weighted by Crippen LogP contribution is 2.37. The molecule has 1 atom stereocenters. The number of para-hydroxylation sites is 2. The second-order valence-electron chi connectivity index (χ2n) is 8.48. The van der Waals surface area contributed by atoms with Crippen molar-refractivity contribution >= 4 is 21.1 Å². The molecule has 3 aromatic rings. The highest BCUT2D eigenvalue weighted by molar-refractivity contribution is 7.89. The summed E-state index contributed by atoms with van der Waals surface area (Å²) in [4.78, 5) is 5.12. The Morgan fingerprint density at radius 3 is 2.45 bits per heavy atom. The molecular formula is C24H29N3O5S. The third kappa shape index (κ3) is 3.98. The van der Waals surface area contributed by atoms with Crippen LogP contribution in [0.5, 0.6) is 11.5 Å². The van der Waals surface area contributed by atoms with Gasteiger partial charge in [-0.1, -0.05) is 12.1 Å². The van der Waals surface area contributed by atoms with Crippen LogP contribution in [-0.4, -0.2) is 56.2 Å². The van der Waals surface area contributed by atoms with Crippen molar-refractivity contribution < 1.29 is 22.6 Å². The molecular weight excluding hydrogens is 442 g/mol. The summed E-state index contributed by atoms with van der Waals surface area (Å²) in [7, 11) is -0.602. The molecule has 0 amide bonds. The monoisotopic (exact) mass is 471 g/mol. The second-order valence-corrected chi connectivity index (χ2v) is 10.4. The van der Waals surface area contributed by atoms with Gasteiger partial charge in [-0.15, -0.1) is 0 Å². The zero-order chi connectivity index (χ0) is 23.0. The fraction of sp³-hybridized carbons (Fsp3) is 0.458. The van der Waals surface area contributed by atoms with Crippen molar-refractivity contribution in [3.63, 3.8) is 0 Å². The molecule has 1 aromatic heterocycles. The number of imidazole rings is 1. The Morgan fingerprint density at radius 2 is 1.76 bits per heavy atom. The first-order valence-corrected chi connectivity index (χ1v) is 12.8. The van der Waals surface area contributed by atoms with Crippen LogP contribution in [0.2, 0.25) is 0 Å². The molecule has 9 heteroatoms. The van der Waals surface area contributed by atoms with Crippen LogP contribution >= 0.6 is 0 Å². The lowest BCUT2D eigenvalue weighted by Crippen LogP contribution is -2.39. The molecule has 0 radical (unpaired) electrons. The standard InChI is InChI=1S/C24H29N3O5S/c1-30-21-10-9-18(16-23(21)31-2)33(28,29)26-13-11-17(12-14-26)27-20-7-4-3-6-19(20)25-24(27)22-8-5-15-32-22/h3-4,6-7,9-10,16-17,22H,5,8,11-15H2,1-2H3. The van der Waals surface area contributed by atoms with Gasteiger partial charge in [0, 0.05) is 31.8 Å². The molecule has 3 heterocycles. The maximum absolute atomic E-state index is 13.3. The Kier molecular flexibility index (Phi) is 6.03. The molecule has 0 N–H and O–H groups in total. The van der Waals surface area contributed by atoms with Gasteiger partial charge in [-0.05, 0) is 49.9 Å². The summed E-state index contributed by atoms with van der Waals surface area (Å²) in [5.41, 5.74) is 2.05. The minimum atomic E-state index is -3.63. The van der Waals surface area contributed by atoms with Crippen LogP contribution < -0.4 is 9.47 Å². The van der Waals surface area contributed by atoms with Gasteiger partial charge in [0.25, 0.3) is 0 Å². The van der Waals surface area contributed by atoms with Gasteiger partial charge in [0.15, 0.2) is 11.5 Å². The SMILES string of the molecule is COc1ccc(S(=O)(=O)N2CCC(n3c(C4CCCO4)nc4ccccc43)CC2)cc1OC. The molecule has 176 valence electrons. The quantitative estimate of drug-likeness (QED) is 0.542. The number of hydrogen-bond donors (Lipinski definition) is 0. The maximum atomic E-state index is 13.3. The first-order chi connectivity index (χ1) is 16.0. The van der Waals surface area contributed by atoms with Crippen molar-refractivity contribution in [2.24, 2.45) is 0 Å². The van der Waals surface area contributed by atoms with Gasteiger partial charge in [0.1, 0.15) is 11.9 Å². The molecule has 0 bridgehead atoms. The number of rotatable bonds is 6. The van der Waals surface area contributed by atoms with Crippen molar-refractivity contribution in [2.45, 2.75) is 42.7 Å². The Bertz CT molecular complexity index is 1240. The molecule has 2 fully saturated rings. The Morgan fingerprint density at radius 1 is 1.00 bits per heavy atom. The topological polar surface area (TPSA) is 82.9 Å². The van der Waals surface area contributed by atoms with E-state index < -0.39 is 10.0 Å². The average molecular weight is 472 g/mol. The van der Waals surface area contributed by atoms with Crippen LogP contribution in [0.3, 0.4) is 0 Å². The lowest BCUT2D eigenvalue weighted by Gasteiger charge is -2.33. The van der Waals surface area contributed by atoms with E-state index in [1.54, 1.807) is 16.4 Å². The highest BCUT2D eigenvalue weighted by Gasteiger charge is 2.34. The number of ether oxygens (including phenoxy) is 3. The zero-order valence-corrected chi connectivity index (χ0v) is 19.8. The molecule has 2 saturated heterocycles. The number of hydrogen-bond acceptors (Lipinski definition) is 6. The maximum Gasteiger partial charge on any atom is 0.243 e. The predicted molar refractivity (Wildman–Crippen MR) is 124 cm³/mol. The van der Waals surface area contributed by atoms with Crippen LogP contribution in [0, 0.1) is 0 Å². The fourth-order valence-electron chi connectivity index (χ4n) is 4.92. The molecule has 5 rings (SSSR count). The van der Waals surface area contributed by atoms with Gasteiger partial charge >= 0.3 is 0 Å². The van der Waals surface area contributed by atoms with Gasteiger partial charge in [-0.3, -0.25) is 0 Å². The lowest BCUT2D eigenvalue weighted by atomic mass is 10.1. The second kappa shape index (κ2) is 8.96. The normalized spacial score (nSPS) is 20.4. The molecule has 0 spiro atoms. The summed E-state index contributed by atoms with van der Waals surface area (Å²) in [6.07, 6.45) is 3.44. The molecule has 0 saturated carbocycles. The minimum absolute atomic E-state index is 0.00549. The summed E-state index contributed by atoms with van der Waals surface area (Å²) in [5, 5.41) is 0. The molecule has 2 aliphatic heterocycles. The Labute approximate surface area is 194 Å². The number of piperidine rings is 1. The molecule has 0 aliphatic carbocycles. The summed E-state index contributed by atoms with van der Waals surface area (Å²) in [6, 6.07) is 13.0. The highest BCUT2D eigenvalue weighted by atomic mass is 32.2. The molecule has 2 aromatic carbocycles. The van der Waals surface area contributed by atoms with E-state index in [0.717, 1.165) is 36.3 Å². The molecule has 2 aliphatic rings. The van der Waals surface area contributed by atoms with Gasteiger partial charge in [-0.25, -0.2) is 13.4 Å². The van der Waals surface area contributed by atoms with Gasteiger partial charge in [-0.2, -0.15) is 4.31 Å². The number of benzene rings is 2. The van der Waals surface area contributed by atoms with Gasteiger partial charge < -0.3 is 18.8 Å². The molecule has 1 unspecified atom stereocenters. The Hall–Kier alpha value is -2.62. The molecule has 8 nitrogen and oxygen atoms in total. The van der Waals surface area contributed by atoms with Crippen LogP contribution in [0.25, 0.3) is 11.0 Å². The largest absolute Gasteiger partial charge is 0.493 e. The van der Waals surface area contributed by atoms with E-state index >= 15 is 0 Å². The van der Waals surface area contributed by atoms with Crippen LogP contribution in [0.1, 0.15) is 43.7 Å². The van der Waals surface area contributed by atoms with E-state index in [-0.39, 0.29) is 17.0 Å². The third-order valence-corrected chi connectivity index (χ3v) is 8.52. The van der Waals surface area contributed by atoms with E-state index in [1.165, 1.54) is 20.3 Å². The van der Waals surface area contributed by atoms with Crippen molar-refractivity contribution in [1.29, 1.82) is 0 Å². The fourth-order valence-corrected chi connectivity index (χ4v) is 6.41. The summed E-state index contributed by atoms with van der Waals surface area (Å²) >= 11 is 0. The van der Waals surface area contributed by atoms with Crippen LogP contribution in [-0.2, 0) is 14.8 Å². The van der Waals surface area contributed by atoms with E-state index in [2.05, 4.69) is 10.6 Å². The number of sulfonamides is 1. The Balaban J connectivity index is 1.40. The van der Waals surface area contributed by atoms with E-state index in [0.29, 0.717) is 37.4 Å². The van der Waals surface area contributed by atoms with E-state index in [4.69, 9.17) is 19.2 Å². The average Bonchev–Trinajstić information content (AvgIpc) is 3.51. The predicted octanol–water partition coefficient (Wildman–Crippen LogP) is 3.93. The summed E-state index contributed by atoms with van der Waals surface area (Å²) < 4.78 is 47.0. The number of aromatic nitrogens is 2. The van der Waals surface area contributed by atoms with Crippen LogP contribution in [0.15, 0.2) is 47.4 Å². The van der Waals surface area contributed by atoms with E-state index in [1.807, 2.05) is 18.2 Å². The van der Waals surface area contributed by atoms with Crippen molar-refractivity contribution in [3.05, 3.63) is 48.3 Å². The molecule has 33 heavy (non-hydrogen) atoms. The van der Waals surface area contributed by atoms with Gasteiger partial charge in [0.2, 0.25) is 10.0 Å². The third-order valence-electron chi connectivity index (χ3n) is 6.62. The van der Waals surface area contributed by atoms with Crippen molar-refractivity contribution in [2.75, 3.05) is 33.9 Å². The smallest absolute Gasteiger partial charge is 0.243 e. The first-order valence-electron chi connectivity index (χ1n) is 11.3. The van der Waals surface area contributed by atoms with Crippen molar-refractivity contribution in [1.82, 2.24) is 13.9 Å².